The number of anilines is 1. The molecule has 0 aromatic carbocycles. The summed E-state index contributed by atoms with van der Waals surface area (Å²) in [4.78, 5) is 8.36. The number of rotatable bonds is 1. The molecule has 3 nitrogen and oxygen atoms in total. The van der Waals surface area contributed by atoms with E-state index in [1.54, 1.807) is 0 Å². The van der Waals surface area contributed by atoms with Crippen LogP contribution >= 0.6 is 0 Å². The van der Waals surface area contributed by atoms with Crippen molar-refractivity contribution in [3.63, 3.8) is 0 Å². The molecule has 0 amide bonds. The van der Waals surface area contributed by atoms with E-state index < -0.39 is 11.7 Å². The lowest BCUT2D eigenvalue weighted by atomic mass is 10.0. The Morgan fingerprint density at radius 3 is 2.37 bits per heavy atom. The van der Waals surface area contributed by atoms with Gasteiger partial charge in [-0.2, -0.15) is 13.2 Å². The van der Waals surface area contributed by atoms with Crippen molar-refractivity contribution in [2.24, 2.45) is 11.8 Å². The third-order valence-electron chi connectivity index (χ3n) is 4.07. The number of pyridine rings is 1. The van der Waals surface area contributed by atoms with Crippen LogP contribution in [0.3, 0.4) is 0 Å². The molecule has 0 radical (unpaired) electrons. The van der Waals surface area contributed by atoms with Crippen LogP contribution in [0.15, 0.2) is 18.3 Å². The summed E-state index contributed by atoms with van der Waals surface area (Å²) in [6.45, 7) is 3.67. The van der Waals surface area contributed by atoms with Gasteiger partial charge in [0.1, 0.15) is 5.82 Å². The molecule has 2 aliphatic heterocycles. The van der Waals surface area contributed by atoms with Crippen LogP contribution in [0.2, 0.25) is 0 Å². The van der Waals surface area contributed by atoms with Gasteiger partial charge in [0.25, 0.3) is 0 Å². The minimum atomic E-state index is -4.30. The predicted molar refractivity (Wildman–Crippen MR) is 65.9 cm³/mol. The van der Waals surface area contributed by atoms with Crippen molar-refractivity contribution in [1.29, 1.82) is 0 Å². The number of alkyl halides is 3. The Kier molecular flexibility index (Phi) is 2.92. The molecule has 0 aliphatic carbocycles. The first-order valence-electron chi connectivity index (χ1n) is 6.40. The number of likely N-dealkylation sites (tertiary alicyclic amines) is 1. The highest BCUT2D eigenvalue weighted by atomic mass is 19.4. The maximum absolute atomic E-state index is 12.7. The fourth-order valence-corrected chi connectivity index (χ4v) is 3.18. The highest BCUT2D eigenvalue weighted by Crippen LogP contribution is 2.35. The van der Waals surface area contributed by atoms with Crippen molar-refractivity contribution in [1.82, 2.24) is 9.88 Å². The van der Waals surface area contributed by atoms with Gasteiger partial charge in [0, 0.05) is 32.4 Å². The molecule has 0 spiro atoms. The Balaban J connectivity index is 1.78. The third-order valence-corrected chi connectivity index (χ3v) is 4.07. The standard InChI is InChI=1S/C13H16F3N3/c1-18-5-9-7-19(8-10(9)6-18)12-4-11(2-3-17-12)13(14,15)16/h2-4,9-10H,5-8H2,1H3. The lowest BCUT2D eigenvalue weighted by Gasteiger charge is -2.21. The van der Waals surface area contributed by atoms with Crippen molar-refractivity contribution in [3.8, 4) is 0 Å². The van der Waals surface area contributed by atoms with Crippen LogP contribution < -0.4 is 4.90 Å². The summed E-state index contributed by atoms with van der Waals surface area (Å²) in [6, 6.07) is 2.18. The van der Waals surface area contributed by atoms with Gasteiger partial charge in [0.05, 0.1) is 5.56 Å². The van der Waals surface area contributed by atoms with Gasteiger partial charge in [-0.15, -0.1) is 0 Å². The van der Waals surface area contributed by atoms with Gasteiger partial charge in [-0.1, -0.05) is 0 Å². The van der Waals surface area contributed by atoms with Crippen LogP contribution in [0.25, 0.3) is 0 Å². The topological polar surface area (TPSA) is 19.4 Å². The highest BCUT2D eigenvalue weighted by Gasteiger charge is 2.39. The average Bonchev–Trinajstić information content (AvgIpc) is 2.85. The van der Waals surface area contributed by atoms with Gasteiger partial charge in [0.15, 0.2) is 0 Å². The largest absolute Gasteiger partial charge is 0.416 e. The number of aromatic nitrogens is 1. The minimum Gasteiger partial charge on any atom is -0.356 e. The van der Waals surface area contributed by atoms with E-state index in [1.807, 2.05) is 4.90 Å². The van der Waals surface area contributed by atoms with Crippen molar-refractivity contribution in [2.45, 2.75) is 6.18 Å². The second-order valence-electron chi connectivity index (χ2n) is 5.55. The number of hydrogen-bond donors (Lipinski definition) is 0. The van der Waals surface area contributed by atoms with Crippen molar-refractivity contribution in [3.05, 3.63) is 23.9 Å². The van der Waals surface area contributed by atoms with E-state index in [9.17, 15) is 13.2 Å². The van der Waals surface area contributed by atoms with E-state index in [4.69, 9.17) is 0 Å². The van der Waals surface area contributed by atoms with E-state index in [2.05, 4.69) is 16.9 Å². The second-order valence-corrected chi connectivity index (χ2v) is 5.55. The molecule has 2 atom stereocenters. The highest BCUT2D eigenvalue weighted by molar-refractivity contribution is 5.43. The van der Waals surface area contributed by atoms with Crippen LogP contribution in [-0.4, -0.2) is 43.1 Å². The lowest BCUT2D eigenvalue weighted by molar-refractivity contribution is -0.137. The Morgan fingerprint density at radius 2 is 1.79 bits per heavy atom. The molecule has 1 aromatic heterocycles. The monoisotopic (exact) mass is 271 g/mol. The van der Waals surface area contributed by atoms with Gasteiger partial charge in [0.2, 0.25) is 0 Å². The van der Waals surface area contributed by atoms with Crippen LogP contribution in [0.1, 0.15) is 5.56 Å². The molecule has 3 rings (SSSR count). The molecular weight excluding hydrogens is 255 g/mol. The van der Waals surface area contributed by atoms with Crippen molar-refractivity contribution in [2.75, 3.05) is 38.1 Å². The van der Waals surface area contributed by atoms with Gasteiger partial charge < -0.3 is 9.80 Å². The van der Waals surface area contributed by atoms with Crippen molar-refractivity contribution >= 4 is 5.82 Å². The van der Waals surface area contributed by atoms with E-state index >= 15 is 0 Å². The maximum Gasteiger partial charge on any atom is 0.416 e. The number of hydrogen-bond acceptors (Lipinski definition) is 3. The summed E-state index contributed by atoms with van der Waals surface area (Å²) in [5.41, 5.74) is -0.619. The van der Waals surface area contributed by atoms with E-state index in [-0.39, 0.29) is 0 Å². The molecule has 2 saturated heterocycles. The van der Waals surface area contributed by atoms with Crippen LogP contribution in [0.4, 0.5) is 19.0 Å². The summed E-state index contributed by atoms with van der Waals surface area (Å²) in [7, 11) is 2.09. The Bertz CT molecular complexity index is 460. The fourth-order valence-electron chi connectivity index (χ4n) is 3.18. The molecule has 6 heteroatoms. The number of fused-ring (bicyclic) bond motifs is 1. The molecule has 0 N–H and O–H groups in total. The molecular formula is C13H16F3N3. The SMILES string of the molecule is CN1CC2CN(c3cc(C(F)(F)F)ccn3)CC2C1. The minimum absolute atomic E-state index is 0.451. The zero-order chi connectivity index (χ0) is 13.6. The summed E-state index contributed by atoms with van der Waals surface area (Å²) in [6.07, 6.45) is -3.05. The number of halogens is 3. The van der Waals surface area contributed by atoms with Crippen molar-refractivity contribution < 1.29 is 13.2 Å². The first-order chi connectivity index (χ1) is 8.93. The molecule has 19 heavy (non-hydrogen) atoms. The zero-order valence-electron chi connectivity index (χ0n) is 10.7. The Labute approximate surface area is 110 Å². The first-order valence-corrected chi connectivity index (χ1v) is 6.40. The van der Waals surface area contributed by atoms with Gasteiger partial charge in [-0.05, 0) is 31.0 Å². The van der Waals surface area contributed by atoms with E-state index in [0.29, 0.717) is 17.7 Å². The summed E-state index contributed by atoms with van der Waals surface area (Å²) in [5.74, 6) is 1.56. The molecule has 3 heterocycles. The number of nitrogens with zero attached hydrogens (tertiary/aromatic N) is 3. The summed E-state index contributed by atoms with van der Waals surface area (Å²) >= 11 is 0. The fraction of sp³-hybridized carbons (Fsp3) is 0.615. The molecule has 2 fully saturated rings. The normalized spacial score (nSPS) is 27.9. The lowest BCUT2D eigenvalue weighted by Crippen LogP contribution is -2.27. The second kappa shape index (κ2) is 4.37. The first kappa shape index (κ1) is 12.7. The third kappa shape index (κ3) is 2.41. The quantitative estimate of drug-likeness (QED) is 0.779. The smallest absolute Gasteiger partial charge is 0.356 e. The summed E-state index contributed by atoms with van der Waals surface area (Å²) < 4.78 is 38.1. The molecule has 1 aromatic rings. The summed E-state index contributed by atoms with van der Waals surface area (Å²) in [5, 5.41) is 0. The van der Waals surface area contributed by atoms with Gasteiger partial charge in [-0.3, -0.25) is 0 Å². The van der Waals surface area contributed by atoms with E-state index in [1.165, 1.54) is 6.20 Å². The molecule has 104 valence electrons. The van der Waals surface area contributed by atoms with E-state index in [0.717, 1.165) is 38.3 Å². The zero-order valence-corrected chi connectivity index (χ0v) is 10.7. The van der Waals surface area contributed by atoms with Crippen LogP contribution in [-0.2, 0) is 6.18 Å². The van der Waals surface area contributed by atoms with Crippen LogP contribution in [0.5, 0.6) is 0 Å². The Hall–Kier alpha value is -1.30. The average molecular weight is 271 g/mol. The van der Waals surface area contributed by atoms with Crippen LogP contribution in [0, 0.1) is 11.8 Å². The molecule has 2 aliphatic rings. The molecule has 0 bridgehead atoms. The molecule has 0 saturated carbocycles. The van der Waals surface area contributed by atoms with Gasteiger partial charge in [-0.25, -0.2) is 4.98 Å². The molecule has 2 unspecified atom stereocenters. The predicted octanol–water partition coefficient (Wildman–Crippen LogP) is 2.10. The maximum atomic E-state index is 12.7. The van der Waals surface area contributed by atoms with Gasteiger partial charge >= 0.3 is 6.18 Å². The Morgan fingerprint density at radius 1 is 1.16 bits per heavy atom.